The van der Waals surface area contributed by atoms with Gasteiger partial charge in [-0.3, -0.25) is 4.79 Å². The third kappa shape index (κ3) is 2.63. The van der Waals surface area contributed by atoms with Gasteiger partial charge in [-0.05, 0) is 24.6 Å². The number of nitrogens with zero attached hydrogens (tertiary/aromatic N) is 1. The number of rotatable bonds is 3. The van der Waals surface area contributed by atoms with Crippen molar-refractivity contribution in [3.8, 4) is 5.69 Å². The molecular formula is C18H11F4NO3. The van der Waals surface area contributed by atoms with E-state index >= 15 is 0 Å². The minimum Gasteiger partial charge on any atom is -0.477 e. The normalized spacial score (nSPS) is 11.1. The van der Waals surface area contributed by atoms with Crippen molar-refractivity contribution >= 4 is 16.9 Å². The van der Waals surface area contributed by atoms with Gasteiger partial charge in [0.25, 0.3) is 0 Å². The van der Waals surface area contributed by atoms with Crippen LogP contribution in [0.1, 0.15) is 22.8 Å². The summed E-state index contributed by atoms with van der Waals surface area (Å²) in [4.78, 5) is 23.7. The van der Waals surface area contributed by atoms with E-state index in [2.05, 4.69) is 0 Å². The molecule has 0 radical (unpaired) electrons. The highest BCUT2D eigenvalue weighted by Gasteiger charge is 2.22. The molecule has 0 spiro atoms. The standard InChI is InChI=1S/C18H11F4NO3/c1-2-9-15(22)13(21)6-10-16(9)23(7-11(17(10)24)18(25)26)14-4-3-8(19)5-12(14)20/h3-7H,2H2,1H3,(H,25,26). The Balaban J connectivity index is 2.59. The Morgan fingerprint density at radius 1 is 1.12 bits per heavy atom. The zero-order valence-electron chi connectivity index (χ0n) is 13.3. The Morgan fingerprint density at radius 2 is 1.81 bits per heavy atom. The molecule has 0 atom stereocenters. The maximum atomic E-state index is 14.3. The first-order valence-corrected chi connectivity index (χ1v) is 7.51. The molecule has 134 valence electrons. The van der Waals surface area contributed by atoms with Crippen LogP contribution in [0, 0.1) is 23.3 Å². The molecular weight excluding hydrogens is 354 g/mol. The van der Waals surface area contributed by atoms with Crippen LogP contribution in [-0.2, 0) is 6.42 Å². The highest BCUT2D eigenvalue weighted by Crippen LogP contribution is 2.27. The van der Waals surface area contributed by atoms with Crippen LogP contribution in [0.4, 0.5) is 17.6 Å². The van der Waals surface area contributed by atoms with Gasteiger partial charge in [-0.15, -0.1) is 0 Å². The second-order valence-electron chi connectivity index (χ2n) is 5.54. The van der Waals surface area contributed by atoms with Crippen molar-refractivity contribution in [3.05, 3.63) is 75.1 Å². The number of hydrogen-bond acceptors (Lipinski definition) is 2. The summed E-state index contributed by atoms with van der Waals surface area (Å²) < 4.78 is 56.5. The van der Waals surface area contributed by atoms with E-state index in [0.717, 1.165) is 22.9 Å². The molecule has 0 unspecified atom stereocenters. The molecule has 0 fully saturated rings. The number of pyridine rings is 1. The number of benzene rings is 2. The first-order chi connectivity index (χ1) is 12.3. The first kappa shape index (κ1) is 17.7. The largest absolute Gasteiger partial charge is 0.477 e. The summed E-state index contributed by atoms with van der Waals surface area (Å²) in [6.07, 6.45) is 0.772. The number of halogens is 4. The fraction of sp³-hybridized carbons (Fsp3) is 0.111. The highest BCUT2D eigenvalue weighted by molar-refractivity contribution is 5.94. The third-order valence-electron chi connectivity index (χ3n) is 4.03. The molecule has 0 aliphatic heterocycles. The van der Waals surface area contributed by atoms with Crippen molar-refractivity contribution in [3.63, 3.8) is 0 Å². The number of fused-ring (bicyclic) bond motifs is 1. The van der Waals surface area contributed by atoms with Gasteiger partial charge in [0.2, 0.25) is 5.43 Å². The number of aromatic nitrogens is 1. The molecule has 4 nitrogen and oxygen atoms in total. The molecule has 0 amide bonds. The summed E-state index contributed by atoms with van der Waals surface area (Å²) in [6.45, 7) is 1.50. The van der Waals surface area contributed by atoms with Crippen LogP contribution in [0.3, 0.4) is 0 Å². The van der Waals surface area contributed by atoms with Crippen LogP contribution in [0.15, 0.2) is 35.3 Å². The fourth-order valence-corrected chi connectivity index (χ4v) is 2.86. The molecule has 0 aliphatic carbocycles. The van der Waals surface area contributed by atoms with Crippen LogP contribution in [0.5, 0.6) is 0 Å². The number of carboxylic acids is 1. The molecule has 3 rings (SSSR count). The Kier molecular flexibility index (Phi) is 4.27. The number of aromatic carboxylic acids is 1. The molecule has 3 aromatic rings. The topological polar surface area (TPSA) is 59.3 Å². The summed E-state index contributed by atoms with van der Waals surface area (Å²) in [5.41, 5.74) is -2.49. The monoisotopic (exact) mass is 365 g/mol. The minimum atomic E-state index is -1.61. The van der Waals surface area contributed by atoms with Gasteiger partial charge in [0.1, 0.15) is 17.2 Å². The lowest BCUT2D eigenvalue weighted by Crippen LogP contribution is -2.20. The zero-order valence-corrected chi connectivity index (χ0v) is 13.3. The van der Waals surface area contributed by atoms with Gasteiger partial charge >= 0.3 is 5.97 Å². The molecule has 0 bridgehead atoms. The van der Waals surface area contributed by atoms with E-state index in [0.29, 0.717) is 12.1 Å². The summed E-state index contributed by atoms with van der Waals surface area (Å²) in [7, 11) is 0. The van der Waals surface area contributed by atoms with Crippen LogP contribution < -0.4 is 5.43 Å². The maximum Gasteiger partial charge on any atom is 0.341 e. The van der Waals surface area contributed by atoms with E-state index in [1.807, 2.05) is 0 Å². The lowest BCUT2D eigenvalue weighted by molar-refractivity contribution is 0.0695. The predicted octanol–water partition coefficient (Wildman–Crippen LogP) is 3.81. The second-order valence-corrected chi connectivity index (χ2v) is 5.54. The molecule has 26 heavy (non-hydrogen) atoms. The van der Waals surface area contributed by atoms with Gasteiger partial charge in [0, 0.05) is 17.8 Å². The van der Waals surface area contributed by atoms with Gasteiger partial charge in [-0.25, -0.2) is 22.4 Å². The van der Waals surface area contributed by atoms with Crippen molar-refractivity contribution in [2.24, 2.45) is 0 Å². The van der Waals surface area contributed by atoms with Crippen molar-refractivity contribution < 1.29 is 27.5 Å². The zero-order chi connectivity index (χ0) is 19.2. The Bertz CT molecular complexity index is 1120. The smallest absolute Gasteiger partial charge is 0.341 e. The average Bonchev–Trinajstić information content (AvgIpc) is 2.57. The van der Waals surface area contributed by atoms with Gasteiger partial charge in [0.05, 0.1) is 16.6 Å². The van der Waals surface area contributed by atoms with Crippen molar-refractivity contribution in [2.45, 2.75) is 13.3 Å². The number of carboxylic acid groups (broad SMARTS) is 1. The molecule has 1 aromatic heterocycles. The van der Waals surface area contributed by atoms with Crippen molar-refractivity contribution in [1.29, 1.82) is 0 Å². The lowest BCUT2D eigenvalue weighted by Gasteiger charge is -2.17. The molecule has 8 heteroatoms. The van der Waals surface area contributed by atoms with Crippen LogP contribution >= 0.6 is 0 Å². The number of hydrogen-bond donors (Lipinski definition) is 1. The van der Waals surface area contributed by atoms with Gasteiger partial charge in [0.15, 0.2) is 11.6 Å². The predicted molar refractivity (Wildman–Crippen MR) is 85.7 cm³/mol. The van der Waals surface area contributed by atoms with Crippen LogP contribution in [0.2, 0.25) is 0 Å². The molecule has 0 aliphatic rings. The van der Waals surface area contributed by atoms with Gasteiger partial charge < -0.3 is 9.67 Å². The van der Waals surface area contributed by atoms with E-state index < -0.39 is 45.6 Å². The quantitative estimate of drug-likeness (QED) is 0.718. The second kappa shape index (κ2) is 6.29. The Labute approximate surface area is 143 Å². The Hall–Kier alpha value is -3.16. The molecule has 1 heterocycles. The minimum absolute atomic E-state index is 0.0469. The van der Waals surface area contributed by atoms with Gasteiger partial charge in [-0.1, -0.05) is 6.92 Å². The maximum absolute atomic E-state index is 14.3. The van der Waals surface area contributed by atoms with Gasteiger partial charge in [-0.2, -0.15) is 0 Å². The molecule has 2 aromatic carbocycles. The van der Waals surface area contributed by atoms with Crippen LogP contribution in [0.25, 0.3) is 16.6 Å². The fourth-order valence-electron chi connectivity index (χ4n) is 2.86. The summed E-state index contributed by atoms with van der Waals surface area (Å²) in [5.74, 6) is -6.09. The summed E-state index contributed by atoms with van der Waals surface area (Å²) >= 11 is 0. The lowest BCUT2D eigenvalue weighted by atomic mass is 10.0. The van der Waals surface area contributed by atoms with E-state index in [4.69, 9.17) is 0 Å². The van der Waals surface area contributed by atoms with E-state index in [9.17, 15) is 32.3 Å². The average molecular weight is 365 g/mol. The van der Waals surface area contributed by atoms with E-state index in [1.54, 1.807) is 0 Å². The SMILES string of the molecule is CCc1c(F)c(F)cc2c(=O)c(C(=O)O)cn(-c3ccc(F)cc3F)c12. The number of carbonyl (C=O) groups is 1. The highest BCUT2D eigenvalue weighted by atomic mass is 19.2. The first-order valence-electron chi connectivity index (χ1n) is 7.51. The van der Waals surface area contributed by atoms with E-state index in [-0.39, 0.29) is 23.2 Å². The van der Waals surface area contributed by atoms with E-state index in [1.165, 1.54) is 6.92 Å². The van der Waals surface area contributed by atoms with Crippen molar-refractivity contribution in [1.82, 2.24) is 4.57 Å². The summed E-state index contributed by atoms with van der Waals surface area (Å²) in [6, 6.07) is 3.08. The molecule has 0 saturated carbocycles. The third-order valence-corrected chi connectivity index (χ3v) is 4.03. The Morgan fingerprint density at radius 3 is 2.38 bits per heavy atom. The van der Waals surface area contributed by atoms with Crippen molar-refractivity contribution in [2.75, 3.05) is 0 Å². The number of aryl methyl sites for hydroxylation is 1. The molecule has 0 saturated heterocycles. The molecule has 1 N–H and O–H groups in total. The van der Waals surface area contributed by atoms with Crippen LogP contribution in [-0.4, -0.2) is 15.6 Å². The summed E-state index contributed by atoms with van der Waals surface area (Å²) in [5, 5.41) is 8.81.